The molecule has 2 N–H and O–H groups in total. The normalized spacial score (nSPS) is 14.3. The number of carbonyl (C=O) groups is 1. The molecule has 1 aliphatic rings. The minimum absolute atomic E-state index is 0.185. The molecule has 2 aromatic heterocycles. The van der Waals surface area contributed by atoms with Gasteiger partial charge in [-0.3, -0.25) is 4.79 Å². The Bertz CT molecular complexity index is 581. The van der Waals surface area contributed by atoms with E-state index in [1.165, 1.54) is 6.20 Å². The average molecular weight is 245 g/mol. The molecule has 0 aromatic carbocycles. The fourth-order valence-corrected chi connectivity index (χ4v) is 1.97. The summed E-state index contributed by atoms with van der Waals surface area (Å²) < 4.78 is 4.86. The zero-order valence-electron chi connectivity index (χ0n) is 9.54. The number of nitrogens with two attached hydrogens (primary N) is 1. The lowest BCUT2D eigenvalue weighted by molar-refractivity contribution is 0.0689. The Morgan fingerprint density at radius 3 is 3.17 bits per heavy atom. The van der Waals surface area contributed by atoms with E-state index in [2.05, 4.69) is 15.1 Å². The predicted molar refractivity (Wildman–Crippen MR) is 61.4 cm³/mol. The van der Waals surface area contributed by atoms with Crippen LogP contribution >= 0.6 is 0 Å². The van der Waals surface area contributed by atoms with Crippen LogP contribution in [0.15, 0.2) is 23.0 Å². The first-order chi connectivity index (χ1) is 8.74. The molecule has 3 rings (SSSR count). The zero-order chi connectivity index (χ0) is 12.5. The fourth-order valence-electron chi connectivity index (χ4n) is 1.97. The van der Waals surface area contributed by atoms with E-state index in [0.717, 1.165) is 17.7 Å². The van der Waals surface area contributed by atoms with Gasteiger partial charge in [0.25, 0.3) is 5.91 Å². The molecule has 1 amide bonds. The molecule has 0 aliphatic carbocycles. The van der Waals surface area contributed by atoms with Gasteiger partial charge in [0.15, 0.2) is 0 Å². The average Bonchev–Trinajstić information content (AvgIpc) is 2.90. The zero-order valence-corrected chi connectivity index (χ0v) is 9.54. The van der Waals surface area contributed by atoms with Gasteiger partial charge in [0.2, 0.25) is 11.7 Å². The molecule has 7 heteroatoms. The Morgan fingerprint density at radius 2 is 2.39 bits per heavy atom. The molecule has 2 aromatic rings. The number of nitrogens with zero attached hydrogens (tertiary/aromatic N) is 4. The number of anilines is 1. The van der Waals surface area contributed by atoms with Crippen LogP contribution in [0.5, 0.6) is 0 Å². The van der Waals surface area contributed by atoms with Crippen molar-refractivity contribution in [3.05, 3.63) is 35.5 Å². The van der Waals surface area contributed by atoms with Crippen LogP contribution in [-0.4, -0.2) is 32.5 Å². The van der Waals surface area contributed by atoms with Crippen LogP contribution in [0.2, 0.25) is 0 Å². The molecule has 0 saturated heterocycles. The van der Waals surface area contributed by atoms with Crippen molar-refractivity contribution >= 4 is 11.9 Å². The van der Waals surface area contributed by atoms with Gasteiger partial charge in [-0.2, -0.15) is 0 Å². The van der Waals surface area contributed by atoms with E-state index in [1.807, 2.05) is 0 Å². The van der Waals surface area contributed by atoms with Gasteiger partial charge in [0, 0.05) is 18.8 Å². The van der Waals surface area contributed by atoms with Gasteiger partial charge in [0.1, 0.15) is 0 Å². The molecule has 3 heterocycles. The van der Waals surface area contributed by atoms with Gasteiger partial charge in [-0.15, -0.1) is 0 Å². The Morgan fingerprint density at radius 1 is 1.50 bits per heavy atom. The highest BCUT2D eigenvalue weighted by Gasteiger charge is 2.25. The highest BCUT2D eigenvalue weighted by atomic mass is 16.5. The molecule has 0 radical (unpaired) electrons. The first-order valence-corrected chi connectivity index (χ1v) is 5.54. The summed E-state index contributed by atoms with van der Waals surface area (Å²) >= 11 is 0. The lowest BCUT2D eigenvalue weighted by Gasteiger charge is -2.26. The topological polar surface area (TPSA) is 98.1 Å². The van der Waals surface area contributed by atoms with Crippen LogP contribution in [0.3, 0.4) is 0 Å². The van der Waals surface area contributed by atoms with Crippen molar-refractivity contribution in [2.24, 2.45) is 0 Å². The largest absolute Gasteiger partial charge is 0.368 e. The monoisotopic (exact) mass is 245 g/mol. The highest BCUT2D eigenvalue weighted by Crippen LogP contribution is 2.18. The second-order valence-electron chi connectivity index (χ2n) is 4.05. The number of nitrogen functional groups attached to an aromatic ring is 1. The number of hydrogen-bond donors (Lipinski definition) is 1. The third kappa shape index (κ3) is 1.79. The summed E-state index contributed by atoms with van der Waals surface area (Å²) in [5.74, 6) is 0.276. The van der Waals surface area contributed by atoms with Gasteiger partial charge >= 0.3 is 0 Å². The number of amides is 1. The summed E-state index contributed by atoms with van der Waals surface area (Å²) in [6.45, 7) is 1.03. The first kappa shape index (κ1) is 10.7. The second kappa shape index (κ2) is 4.10. The van der Waals surface area contributed by atoms with Crippen LogP contribution < -0.4 is 5.73 Å². The van der Waals surface area contributed by atoms with Gasteiger partial charge in [-0.1, -0.05) is 5.16 Å². The minimum atomic E-state index is -0.185. The molecule has 92 valence electrons. The van der Waals surface area contributed by atoms with Crippen molar-refractivity contribution in [3.8, 4) is 0 Å². The van der Waals surface area contributed by atoms with Crippen LogP contribution in [0.25, 0.3) is 0 Å². The van der Waals surface area contributed by atoms with Crippen molar-refractivity contribution < 1.29 is 9.32 Å². The standard InChI is InChI=1S/C11H11N5O2/c12-11-13-5-7-2-4-16(6-8(7)15-11)10(17)9-1-3-14-18-9/h1,3,5H,2,4,6H2,(H2,12,13,15). The quantitative estimate of drug-likeness (QED) is 0.773. The Kier molecular flexibility index (Phi) is 2.44. The summed E-state index contributed by atoms with van der Waals surface area (Å²) in [5, 5.41) is 3.53. The van der Waals surface area contributed by atoms with E-state index >= 15 is 0 Å². The minimum Gasteiger partial charge on any atom is -0.368 e. The Hall–Kier alpha value is -2.44. The van der Waals surface area contributed by atoms with Crippen molar-refractivity contribution in [2.75, 3.05) is 12.3 Å². The van der Waals surface area contributed by atoms with E-state index in [9.17, 15) is 4.79 Å². The SMILES string of the molecule is Nc1ncc2c(n1)CN(C(=O)c1ccno1)CC2. The number of fused-ring (bicyclic) bond motifs is 1. The van der Waals surface area contributed by atoms with E-state index < -0.39 is 0 Å². The molecule has 0 saturated carbocycles. The summed E-state index contributed by atoms with van der Waals surface area (Å²) in [6, 6.07) is 1.55. The van der Waals surface area contributed by atoms with E-state index in [0.29, 0.717) is 13.1 Å². The van der Waals surface area contributed by atoms with Gasteiger partial charge in [-0.05, 0) is 12.0 Å². The lowest BCUT2D eigenvalue weighted by atomic mass is 10.1. The van der Waals surface area contributed by atoms with Crippen LogP contribution in [-0.2, 0) is 13.0 Å². The smallest absolute Gasteiger partial charge is 0.292 e. The van der Waals surface area contributed by atoms with Gasteiger partial charge in [0.05, 0.1) is 18.4 Å². The number of aromatic nitrogens is 3. The van der Waals surface area contributed by atoms with Crippen molar-refractivity contribution in [1.29, 1.82) is 0 Å². The maximum atomic E-state index is 12.1. The van der Waals surface area contributed by atoms with E-state index in [-0.39, 0.29) is 17.6 Å². The number of carbonyl (C=O) groups excluding carboxylic acids is 1. The molecule has 0 spiro atoms. The maximum Gasteiger partial charge on any atom is 0.292 e. The van der Waals surface area contributed by atoms with Crippen molar-refractivity contribution in [1.82, 2.24) is 20.0 Å². The van der Waals surface area contributed by atoms with Crippen molar-refractivity contribution in [2.45, 2.75) is 13.0 Å². The summed E-state index contributed by atoms with van der Waals surface area (Å²) in [5.41, 5.74) is 7.37. The van der Waals surface area contributed by atoms with Crippen LogP contribution in [0.1, 0.15) is 21.8 Å². The molecule has 18 heavy (non-hydrogen) atoms. The van der Waals surface area contributed by atoms with Crippen LogP contribution in [0.4, 0.5) is 5.95 Å². The van der Waals surface area contributed by atoms with E-state index in [4.69, 9.17) is 10.3 Å². The van der Waals surface area contributed by atoms with Crippen LogP contribution in [0, 0.1) is 0 Å². The third-order valence-corrected chi connectivity index (χ3v) is 2.90. The first-order valence-electron chi connectivity index (χ1n) is 5.54. The van der Waals surface area contributed by atoms with Gasteiger partial charge < -0.3 is 15.2 Å². The molecule has 0 bridgehead atoms. The molecule has 0 atom stereocenters. The Labute approximate surface area is 103 Å². The molecule has 1 aliphatic heterocycles. The third-order valence-electron chi connectivity index (χ3n) is 2.90. The molecule has 0 fully saturated rings. The molecular formula is C11H11N5O2. The summed E-state index contributed by atoms with van der Waals surface area (Å²) in [4.78, 5) is 21.8. The number of rotatable bonds is 1. The summed E-state index contributed by atoms with van der Waals surface area (Å²) in [7, 11) is 0. The van der Waals surface area contributed by atoms with Gasteiger partial charge in [-0.25, -0.2) is 9.97 Å². The van der Waals surface area contributed by atoms with E-state index in [1.54, 1.807) is 17.2 Å². The summed E-state index contributed by atoms with van der Waals surface area (Å²) in [6.07, 6.45) is 3.88. The molecular weight excluding hydrogens is 234 g/mol. The fraction of sp³-hybridized carbons (Fsp3) is 0.273. The van der Waals surface area contributed by atoms with Crippen molar-refractivity contribution in [3.63, 3.8) is 0 Å². The Balaban J connectivity index is 1.84. The second-order valence-corrected chi connectivity index (χ2v) is 4.05. The number of hydrogen-bond acceptors (Lipinski definition) is 6. The predicted octanol–water partition coefficient (Wildman–Crippen LogP) is 0.245. The maximum absolute atomic E-state index is 12.1. The molecule has 7 nitrogen and oxygen atoms in total. The highest BCUT2D eigenvalue weighted by molar-refractivity contribution is 5.91. The lowest BCUT2D eigenvalue weighted by Crippen LogP contribution is -2.36. The molecule has 0 unspecified atom stereocenters.